The average Bonchev–Trinajstić information content (AvgIpc) is 2.59. The summed E-state index contributed by atoms with van der Waals surface area (Å²) in [6, 6.07) is 0. The molecule has 0 aromatic heterocycles. The Morgan fingerprint density at radius 1 is 1.50 bits per heavy atom. The minimum absolute atomic E-state index is 0. The van der Waals surface area contributed by atoms with Gasteiger partial charge in [-0.05, 0) is 6.54 Å². The molecule has 0 spiro atoms. The van der Waals surface area contributed by atoms with E-state index < -0.39 is 0 Å². The smallest absolute Gasteiger partial charge is 0.282 e. The van der Waals surface area contributed by atoms with Crippen LogP contribution < -0.4 is 10.6 Å². The van der Waals surface area contributed by atoms with E-state index in [1.807, 2.05) is 6.92 Å². The maximum Gasteiger partial charge on any atom is 0.282 e. The molecule has 2 N–H and O–H groups in total. The summed E-state index contributed by atoms with van der Waals surface area (Å²) in [6.45, 7) is 5.17. The first-order valence-corrected chi connectivity index (χ1v) is 6.11. The number of hydrogen-bond acceptors (Lipinski definition) is 4. The zero-order valence-corrected chi connectivity index (χ0v) is 11.0. The first-order valence-electron chi connectivity index (χ1n) is 5.13. The quantitative estimate of drug-likeness (QED) is 0.680. The minimum atomic E-state index is -0.0799. The van der Waals surface area contributed by atoms with Crippen LogP contribution in [0, 0.1) is 0 Å². The Morgan fingerprint density at radius 3 is 2.81 bits per heavy atom. The summed E-state index contributed by atoms with van der Waals surface area (Å²) < 4.78 is 0. The molecule has 0 bridgehead atoms. The third kappa shape index (κ3) is 5.58. The molecule has 0 aromatic carbocycles. The number of nitrogens with zero attached hydrogens (tertiary/aromatic N) is 1. The van der Waals surface area contributed by atoms with E-state index in [0.29, 0.717) is 13.1 Å². The number of amides is 2. The molecule has 2 amide bonds. The molecular formula is C9H18ClN3O2S. The summed E-state index contributed by atoms with van der Waals surface area (Å²) in [5.74, 6) is 0.715. The highest BCUT2D eigenvalue weighted by Gasteiger charge is 2.22. The fraction of sp³-hybridized carbons (Fsp3) is 0.778. The maximum absolute atomic E-state index is 11.4. The predicted molar refractivity (Wildman–Crippen MR) is 68.2 cm³/mol. The molecule has 1 aliphatic heterocycles. The molecule has 16 heavy (non-hydrogen) atoms. The number of carbonyl (C=O) groups is 2. The van der Waals surface area contributed by atoms with E-state index in [1.54, 1.807) is 4.90 Å². The molecule has 5 nitrogen and oxygen atoms in total. The molecule has 1 saturated heterocycles. The minimum Gasteiger partial charge on any atom is -0.353 e. The molecule has 0 unspecified atom stereocenters. The number of nitrogens with one attached hydrogen (secondary N) is 2. The predicted octanol–water partition coefficient (Wildman–Crippen LogP) is 0.303. The molecule has 1 aliphatic rings. The zero-order chi connectivity index (χ0) is 11.1. The summed E-state index contributed by atoms with van der Waals surface area (Å²) in [7, 11) is 0. The van der Waals surface area contributed by atoms with Gasteiger partial charge in [0.2, 0.25) is 5.91 Å². The van der Waals surface area contributed by atoms with Crippen LogP contribution in [-0.2, 0) is 4.79 Å². The summed E-state index contributed by atoms with van der Waals surface area (Å²) in [5, 5.41) is 5.88. The van der Waals surface area contributed by atoms with Gasteiger partial charge in [-0.25, -0.2) is 0 Å². The van der Waals surface area contributed by atoms with Crippen molar-refractivity contribution >= 4 is 35.3 Å². The third-order valence-corrected chi connectivity index (χ3v) is 2.95. The van der Waals surface area contributed by atoms with Crippen LogP contribution >= 0.6 is 24.2 Å². The Hall–Kier alpha value is -0.460. The van der Waals surface area contributed by atoms with Gasteiger partial charge < -0.3 is 15.5 Å². The SMILES string of the molecule is CCNCCNC(=O)CN1CCSC1=O.Cl. The molecule has 0 radical (unpaired) electrons. The van der Waals surface area contributed by atoms with Crippen molar-refractivity contribution in [2.24, 2.45) is 0 Å². The van der Waals surface area contributed by atoms with Crippen molar-refractivity contribution in [1.82, 2.24) is 15.5 Å². The maximum atomic E-state index is 11.4. The molecule has 1 heterocycles. The van der Waals surface area contributed by atoms with Crippen molar-refractivity contribution in [1.29, 1.82) is 0 Å². The number of rotatable bonds is 6. The fourth-order valence-corrected chi connectivity index (χ4v) is 2.09. The Morgan fingerprint density at radius 2 is 2.25 bits per heavy atom. The molecule has 7 heteroatoms. The van der Waals surface area contributed by atoms with Gasteiger partial charge in [-0.3, -0.25) is 9.59 Å². The highest BCUT2D eigenvalue weighted by atomic mass is 35.5. The summed E-state index contributed by atoms with van der Waals surface area (Å²) in [6.07, 6.45) is 0. The van der Waals surface area contributed by atoms with Crippen molar-refractivity contribution < 1.29 is 9.59 Å². The van der Waals surface area contributed by atoms with Crippen LogP contribution in [0.4, 0.5) is 4.79 Å². The Kier molecular flexibility index (Phi) is 8.42. The molecule has 0 saturated carbocycles. The summed E-state index contributed by atoms with van der Waals surface area (Å²) in [5.41, 5.74) is 0. The van der Waals surface area contributed by atoms with E-state index in [4.69, 9.17) is 0 Å². The van der Waals surface area contributed by atoms with Crippen molar-refractivity contribution in [3.63, 3.8) is 0 Å². The van der Waals surface area contributed by atoms with Crippen LogP contribution in [0.3, 0.4) is 0 Å². The van der Waals surface area contributed by atoms with Crippen molar-refractivity contribution in [3.8, 4) is 0 Å². The van der Waals surface area contributed by atoms with Gasteiger partial charge in [0.05, 0.1) is 0 Å². The van der Waals surface area contributed by atoms with Crippen molar-refractivity contribution in [2.45, 2.75) is 6.92 Å². The van der Waals surface area contributed by atoms with Gasteiger partial charge in [0.15, 0.2) is 0 Å². The first-order chi connectivity index (χ1) is 7.24. The van der Waals surface area contributed by atoms with Crippen LogP contribution in [0.25, 0.3) is 0 Å². The number of halogens is 1. The Balaban J connectivity index is 0.00000225. The number of hydrogen-bond donors (Lipinski definition) is 2. The van der Waals surface area contributed by atoms with Crippen LogP contribution in [-0.4, -0.2) is 54.5 Å². The van der Waals surface area contributed by atoms with Crippen LogP contribution in [0.15, 0.2) is 0 Å². The van der Waals surface area contributed by atoms with Gasteiger partial charge in [-0.2, -0.15) is 0 Å². The van der Waals surface area contributed by atoms with E-state index in [2.05, 4.69) is 10.6 Å². The summed E-state index contributed by atoms with van der Waals surface area (Å²) in [4.78, 5) is 24.1. The lowest BCUT2D eigenvalue weighted by molar-refractivity contribution is -0.121. The monoisotopic (exact) mass is 267 g/mol. The van der Waals surface area contributed by atoms with Crippen LogP contribution in [0.1, 0.15) is 6.92 Å². The fourth-order valence-electron chi connectivity index (χ4n) is 1.27. The van der Waals surface area contributed by atoms with Gasteiger partial charge in [0.1, 0.15) is 6.54 Å². The van der Waals surface area contributed by atoms with Crippen molar-refractivity contribution in [2.75, 3.05) is 38.5 Å². The molecule has 94 valence electrons. The molecule has 0 aromatic rings. The van der Waals surface area contributed by atoms with Crippen LogP contribution in [0.2, 0.25) is 0 Å². The molecule has 1 fully saturated rings. The van der Waals surface area contributed by atoms with E-state index in [9.17, 15) is 9.59 Å². The van der Waals surface area contributed by atoms with Gasteiger partial charge in [0.25, 0.3) is 5.24 Å². The lowest BCUT2D eigenvalue weighted by Gasteiger charge is -2.13. The first kappa shape index (κ1) is 15.5. The van der Waals surface area contributed by atoms with E-state index in [1.165, 1.54) is 11.8 Å². The van der Waals surface area contributed by atoms with E-state index in [-0.39, 0.29) is 30.1 Å². The highest BCUT2D eigenvalue weighted by molar-refractivity contribution is 8.13. The molecule has 0 atom stereocenters. The second kappa shape index (κ2) is 8.66. The molecular weight excluding hydrogens is 250 g/mol. The normalized spacial score (nSPS) is 14.8. The average molecular weight is 268 g/mol. The van der Waals surface area contributed by atoms with E-state index >= 15 is 0 Å². The van der Waals surface area contributed by atoms with Crippen molar-refractivity contribution in [3.05, 3.63) is 0 Å². The number of likely N-dealkylation sites (N-methyl/N-ethyl adjacent to an activating group) is 1. The zero-order valence-electron chi connectivity index (χ0n) is 9.32. The van der Waals surface area contributed by atoms with Gasteiger partial charge >= 0.3 is 0 Å². The highest BCUT2D eigenvalue weighted by Crippen LogP contribution is 2.16. The van der Waals surface area contributed by atoms with Gasteiger partial charge in [-0.1, -0.05) is 18.7 Å². The largest absolute Gasteiger partial charge is 0.353 e. The molecule has 1 rings (SSSR count). The number of thioether (sulfide) groups is 1. The second-order valence-corrected chi connectivity index (χ2v) is 4.29. The Bertz CT molecular complexity index is 241. The number of carbonyl (C=O) groups excluding carboxylic acids is 2. The summed E-state index contributed by atoms with van der Waals surface area (Å²) >= 11 is 1.27. The van der Waals surface area contributed by atoms with Gasteiger partial charge in [0, 0.05) is 25.4 Å². The lowest BCUT2D eigenvalue weighted by Crippen LogP contribution is -2.39. The topological polar surface area (TPSA) is 61.4 Å². The van der Waals surface area contributed by atoms with E-state index in [0.717, 1.165) is 18.8 Å². The van der Waals surface area contributed by atoms with Gasteiger partial charge in [-0.15, -0.1) is 12.4 Å². The Labute approximate surface area is 106 Å². The second-order valence-electron chi connectivity index (χ2n) is 3.24. The standard InChI is InChI=1S/C9H17N3O2S.ClH/c1-2-10-3-4-11-8(13)7-12-5-6-15-9(12)14;/h10H,2-7H2,1H3,(H,11,13);1H. The third-order valence-electron chi connectivity index (χ3n) is 2.05. The molecule has 0 aliphatic carbocycles. The lowest BCUT2D eigenvalue weighted by atomic mass is 10.5. The van der Waals surface area contributed by atoms with Crippen LogP contribution in [0.5, 0.6) is 0 Å².